The quantitative estimate of drug-likeness (QED) is 0.422. The molecule has 0 amide bonds. The monoisotopic (exact) mass is 210 g/mol. The molecule has 3 heteroatoms. The van der Waals surface area contributed by atoms with Crippen molar-refractivity contribution in [2.75, 3.05) is 13.2 Å². The average Bonchev–Trinajstić information content (AvgIpc) is 2.81. The Balaban J connectivity index is 1.86. The van der Waals surface area contributed by atoms with Gasteiger partial charge in [-0.2, -0.15) is 0 Å². The first-order chi connectivity index (χ1) is 7.40. The summed E-state index contributed by atoms with van der Waals surface area (Å²) in [6.07, 6.45) is 9.91. The van der Waals surface area contributed by atoms with Crippen LogP contribution in [0.25, 0.3) is 0 Å². The Bertz CT molecular complexity index is 222. The average molecular weight is 210 g/mol. The van der Waals surface area contributed by atoms with Crippen LogP contribution in [-0.2, 0) is 4.74 Å². The van der Waals surface area contributed by atoms with Crippen molar-refractivity contribution < 1.29 is 4.74 Å². The van der Waals surface area contributed by atoms with Crippen LogP contribution in [0.1, 0.15) is 38.5 Å². The molecule has 0 radical (unpaired) electrons. The second-order valence-corrected chi connectivity index (χ2v) is 4.71. The van der Waals surface area contributed by atoms with Gasteiger partial charge in [0.05, 0.1) is 6.61 Å². The molecule has 3 N–H and O–H groups in total. The van der Waals surface area contributed by atoms with Crippen molar-refractivity contribution in [1.29, 1.82) is 0 Å². The minimum Gasteiger partial charge on any atom is -0.381 e. The summed E-state index contributed by atoms with van der Waals surface area (Å²) in [5.41, 5.74) is 4.56. The molecular formula is C12H22N2O. The Morgan fingerprint density at radius 1 is 1.53 bits per heavy atom. The Labute approximate surface area is 92.0 Å². The van der Waals surface area contributed by atoms with Crippen molar-refractivity contribution in [3.63, 3.8) is 0 Å². The van der Waals surface area contributed by atoms with Crippen LogP contribution >= 0.6 is 0 Å². The van der Waals surface area contributed by atoms with Gasteiger partial charge in [0.1, 0.15) is 0 Å². The highest BCUT2D eigenvalue weighted by atomic mass is 16.5. The minimum atomic E-state index is 0.414. The molecule has 86 valence electrons. The molecule has 15 heavy (non-hydrogen) atoms. The highest BCUT2D eigenvalue weighted by Crippen LogP contribution is 2.26. The van der Waals surface area contributed by atoms with Gasteiger partial charge >= 0.3 is 0 Å². The largest absolute Gasteiger partial charge is 0.381 e. The summed E-state index contributed by atoms with van der Waals surface area (Å²) in [6.45, 7) is 1.78. The summed E-state index contributed by atoms with van der Waals surface area (Å²) in [4.78, 5) is 0. The number of allylic oxidation sites excluding steroid dienone is 1. The Morgan fingerprint density at radius 2 is 2.47 bits per heavy atom. The van der Waals surface area contributed by atoms with E-state index in [-0.39, 0.29) is 0 Å². The fourth-order valence-corrected chi connectivity index (χ4v) is 2.60. The molecule has 1 heterocycles. The lowest BCUT2D eigenvalue weighted by atomic mass is 9.88. The van der Waals surface area contributed by atoms with Gasteiger partial charge in [0.15, 0.2) is 0 Å². The minimum absolute atomic E-state index is 0.414. The first-order valence-corrected chi connectivity index (χ1v) is 6.12. The van der Waals surface area contributed by atoms with Gasteiger partial charge in [0, 0.05) is 18.6 Å². The highest BCUT2D eigenvalue weighted by Gasteiger charge is 2.25. The molecule has 0 spiro atoms. The van der Waals surface area contributed by atoms with Gasteiger partial charge in [-0.25, -0.2) is 0 Å². The fraction of sp³-hybridized carbons (Fsp3) is 0.833. The third-order valence-electron chi connectivity index (χ3n) is 3.62. The zero-order chi connectivity index (χ0) is 10.5. The fourth-order valence-electron chi connectivity index (χ4n) is 2.60. The topological polar surface area (TPSA) is 47.3 Å². The summed E-state index contributed by atoms with van der Waals surface area (Å²) in [5.74, 6) is 6.25. The first kappa shape index (κ1) is 11.1. The van der Waals surface area contributed by atoms with Crippen molar-refractivity contribution in [3.05, 3.63) is 11.6 Å². The third-order valence-corrected chi connectivity index (χ3v) is 3.62. The summed E-state index contributed by atoms with van der Waals surface area (Å²) in [6, 6.07) is 0.414. The molecule has 0 aromatic carbocycles. The normalized spacial score (nSPS) is 28.9. The summed E-state index contributed by atoms with van der Waals surface area (Å²) < 4.78 is 5.41. The maximum absolute atomic E-state index is 5.64. The third kappa shape index (κ3) is 3.03. The van der Waals surface area contributed by atoms with Crippen molar-refractivity contribution in [2.24, 2.45) is 11.8 Å². The van der Waals surface area contributed by atoms with E-state index in [9.17, 15) is 0 Å². The SMILES string of the molecule is NNC(CC1=CCCCC1)C1CCOC1. The molecular weight excluding hydrogens is 188 g/mol. The molecule has 1 aliphatic carbocycles. The van der Waals surface area contributed by atoms with Crippen LogP contribution in [0.2, 0.25) is 0 Å². The van der Waals surface area contributed by atoms with Crippen molar-refractivity contribution in [3.8, 4) is 0 Å². The van der Waals surface area contributed by atoms with E-state index in [4.69, 9.17) is 10.6 Å². The van der Waals surface area contributed by atoms with Gasteiger partial charge in [-0.05, 0) is 38.5 Å². The van der Waals surface area contributed by atoms with Crippen LogP contribution < -0.4 is 11.3 Å². The molecule has 0 aromatic rings. The molecule has 0 saturated carbocycles. The van der Waals surface area contributed by atoms with Crippen LogP contribution in [0.3, 0.4) is 0 Å². The standard InChI is InChI=1S/C12H22N2O/c13-14-12(11-6-7-15-9-11)8-10-4-2-1-3-5-10/h4,11-12,14H,1-3,5-9,13H2. The Hall–Kier alpha value is -0.380. The zero-order valence-electron chi connectivity index (χ0n) is 9.37. The van der Waals surface area contributed by atoms with Gasteiger partial charge in [-0.15, -0.1) is 0 Å². The second kappa shape index (κ2) is 5.64. The predicted octanol–water partition coefficient (Wildman–Crippen LogP) is 1.75. The summed E-state index contributed by atoms with van der Waals surface area (Å²) in [5, 5.41) is 0. The molecule has 1 aliphatic heterocycles. The van der Waals surface area contributed by atoms with Crippen LogP contribution in [0.4, 0.5) is 0 Å². The number of hydrogen-bond donors (Lipinski definition) is 2. The molecule has 0 aromatic heterocycles. The molecule has 2 rings (SSSR count). The summed E-state index contributed by atoms with van der Waals surface area (Å²) in [7, 11) is 0. The van der Waals surface area contributed by atoms with E-state index in [0.29, 0.717) is 12.0 Å². The van der Waals surface area contributed by atoms with Crippen LogP contribution in [0, 0.1) is 5.92 Å². The Kier molecular flexibility index (Phi) is 4.18. The number of ether oxygens (including phenoxy) is 1. The van der Waals surface area contributed by atoms with Crippen LogP contribution in [0.5, 0.6) is 0 Å². The van der Waals surface area contributed by atoms with Gasteiger partial charge in [-0.1, -0.05) is 11.6 Å². The van der Waals surface area contributed by atoms with E-state index in [1.165, 1.54) is 25.7 Å². The molecule has 1 saturated heterocycles. The van der Waals surface area contributed by atoms with E-state index in [1.807, 2.05) is 0 Å². The molecule has 3 nitrogen and oxygen atoms in total. The van der Waals surface area contributed by atoms with Gasteiger partial charge in [0.2, 0.25) is 0 Å². The Morgan fingerprint density at radius 3 is 3.07 bits per heavy atom. The lowest BCUT2D eigenvalue weighted by Gasteiger charge is -2.24. The molecule has 0 bridgehead atoms. The van der Waals surface area contributed by atoms with E-state index in [1.54, 1.807) is 5.57 Å². The first-order valence-electron chi connectivity index (χ1n) is 6.12. The van der Waals surface area contributed by atoms with Gasteiger partial charge < -0.3 is 4.74 Å². The van der Waals surface area contributed by atoms with Crippen LogP contribution in [-0.4, -0.2) is 19.3 Å². The van der Waals surface area contributed by atoms with Gasteiger partial charge in [-0.3, -0.25) is 11.3 Å². The maximum atomic E-state index is 5.64. The molecule has 2 unspecified atom stereocenters. The number of rotatable bonds is 4. The van der Waals surface area contributed by atoms with E-state index >= 15 is 0 Å². The number of nitrogens with one attached hydrogen (secondary N) is 1. The smallest absolute Gasteiger partial charge is 0.0510 e. The van der Waals surface area contributed by atoms with Gasteiger partial charge in [0.25, 0.3) is 0 Å². The number of nitrogens with two attached hydrogens (primary N) is 1. The van der Waals surface area contributed by atoms with Crippen LogP contribution in [0.15, 0.2) is 11.6 Å². The van der Waals surface area contributed by atoms with Crippen molar-refractivity contribution in [1.82, 2.24) is 5.43 Å². The second-order valence-electron chi connectivity index (χ2n) is 4.71. The number of hydrazine groups is 1. The van der Waals surface area contributed by atoms with E-state index in [2.05, 4.69) is 11.5 Å². The summed E-state index contributed by atoms with van der Waals surface area (Å²) >= 11 is 0. The van der Waals surface area contributed by atoms with E-state index < -0.39 is 0 Å². The van der Waals surface area contributed by atoms with E-state index in [0.717, 1.165) is 26.1 Å². The predicted molar refractivity (Wildman–Crippen MR) is 61.2 cm³/mol. The lowest BCUT2D eigenvalue weighted by molar-refractivity contribution is 0.176. The molecule has 2 atom stereocenters. The van der Waals surface area contributed by atoms with Crippen molar-refractivity contribution in [2.45, 2.75) is 44.6 Å². The highest BCUT2D eigenvalue weighted by molar-refractivity contribution is 5.07. The zero-order valence-corrected chi connectivity index (χ0v) is 9.37. The molecule has 2 aliphatic rings. The van der Waals surface area contributed by atoms with Crippen molar-refractivity contribution >= 4 is 0 Å². The molecule has 1 fully saturated rings. The number of hydrogen-bond acceptors (Lipinski definition) is 3. The lowest BCUT2D eigenvalue weighted by Crippen LogP contribution is -2.41. The maximum Gasteiger partial charge on any atom is 0.0510 e.